The van der Waals surface area contributed by atoms with Crippen LogP contribution in [0.3, 0.4) is 0 Å². The average Bonchev–Trinajstić information content (AvgIpc) is 2.94. The van der Waals surface area contributed by atoms with Crippen LogP contribution in [-0.4, -0.2) is 59.9 Å². The highest BCUT2D eigenvalue weighted by molar-refractivity contribution is 6.45. The minimum absolute atomic E-state index is 0.00632. The van der Waals surface area contributed by atoms with Crippen LogP contribution in [0.1, 0.15) is 11.1 Å². The number of hydrogen-bond donors (Lipinski definition) is 1. The Hall–Kier alpha value is -2.67. The Morgan fingerprint density at radius 2 is 1.52 bits per heavy atom. The second kappa shape index (κ2) is 7.99. The van der Waals surface area contributed by atoms with Gasteiger partial charge in [-0.2, -0.15) is 0 Å². The fourth-order valence-corrected chi connectivity index (χ4v) is 3.77. The van der Waals surface area contributed by atoms with Gasteiger partial charge in [-0.1, -0.05) is 35.9 Å². The Morgan fingerprint density at radius 3 is 2.14 bits per heavy atom. The number of hydrogen-bond acceptors (Lipinski definition) is 5. The lowest BCUT2D eigenvalue weighted by Crippen LogP contribution is -2.43. The second-order valence-electron chi connectivity index (χ2n) is 7.42. The molecule has 1 saturated heterocycles. The summed E-state index contributed by atoms with van der Waals surface area (Å²) in [6.45, 7) is 4.96. The molecule has 150 valence electrons. The third-order valence-electron chi connectivity index (χ3n) is 5.39. The molecule has 0 saturated carbocycles. The Morgan fingerprint density at radius 1 is 0.897 bits per heavy atom. The Kier molecular flexibility index (Phi) is 5.41. The number of imide groups is 1. The molecule has 4 rings (SSSR count). The molecule has 1 N–H and O–H groups in total. The average molecular weight is 412 g/mol. The van der Waals surface area contributed by atoms with Gasteiger partial charge >= 0.3 is 5.91 Å². The van der Waals surface area contributed by atoms with E-state index in [2.05, 4.69) is 16.8 Å². The van der Waals surface area contributed by atoms with E-state index < -0.39 is 17.6 Å². The zero-order chi connectivity index (χ0) is 20.5. The highest BCUT2D eigenvalue weighted by atomic mass is 35.5. The van der Waals surface area contributed by atoms with Crippen molar-refractivity contribution < 1.29 is 14.7 Å². The first-order chi connectivity index (χ1) is 13.9. The van der Waals surface area contributed by atoms with Crippen molar-refractivity contribution in [2.45, 2.75) is 6.54 Å². The number of aliphatic hydroxyl groups is 1. The zero-order valence-electron chi connectivity index (χ0n) is 16.1. The Balaban J connectivity index is 1.51. The van der Waals surface area contributed by atoms with Crippen LogP contribution >= 0.6 is 11.6 Å². The number of aliphatic hydroxyl groups excluding tert-OH is 1. The first-order valence-corrected chi connectivity index (χ1v) is 9.89. The summed E-state index contributed by atoms with van der Waals surface area (Å²) in [5.74, 6) is -1.80. The van der Waals surface area contributed by atoms with E-state index >= 15 is 0 Å². The maximum Gasteiger partial charge on any atom is 0.301 e. The Bertz CT molecular complexity index is 962. The maximum absolute atomic E-state index is 12.9. The van der Waals surface area contributed by atoms with Gasteiger partial charge in [0.15, 0.2) is 5.76 Å². The number of likely N-dealkylation sites (N-methyl/N-ethyl adjacent to an activating group) is 1. The number of piperazine rings is 1. The highest BCUT2D eigenvalue weighted by Crippen LogP contribution is 2.32. The largest absolute Gasteiger partial charge is 0.502 e. The van der Waals surface area contributed by atoms with E-state index in [1.807, 2.05) is 12.1 Å². The number of carbonyl (C=O) groups excluding carboxylic acids is 2. The monoisotopic (exact) mass is 411 g/mol. The van der Waals surface area contributed by atoms with Crippen LogP contribution in [0.4, 0.5) is 5.69 Å². The lowest BCUT2D eigenvalue weighted by molar-refractivity contribution is -0.121. The molecule has 2 aliphatic rings. The summed E-state index contributed by atoms with van der Waals surface area (Å²) in [4.78, 5) is 31.1. The molecule has 0 bridgehead atoms. The zero-order valence-corrected chi connectivity index (χ0v) is 16.9. The molecule has 2 aromatic rings. The number of amides is 2. The van der Waals surface area contributed by atoms with Crippen molar-refractivity contribution >= 4 is 34.7 Å². The number of benzene rings is 2. The van der Waals surface area contributed by atoms with E-state index in [9.17, 15) is 14.7 Å². The van der Waals surface area contributed by atoms with Gasteiger partial charge in [-0.3, -0.25) is 14.5 Å². The van der Waals surface area contributed by atoms with Crippen LogP contribution < -0.4 is 4.90 Å². The Labute approximate surface area is 174 Å². The van der Waals surface area contributed by atoms with Gasteiger partial charge in [-0.25, -0.2) is 4.90 Å². The molecule has 2 aromatic carbocycles. The molecule has 6 nitrogen and oxygen atoms in total. The van der Waals surface area contributed by atoms with Gasteiger partial charge in [-0.05, 0) is 42.4 Å². The molecule has 7 heteroatoms. The van der Waals surface area contributed by atoms with Crippen molar-refractivity contribution in [1.82, 2.24) is 9.80 Å². The van der Waals surface area contributed by atoms with E-state index in [0.29, 0.717) is 16.3 Å². The second-order valence-corrected chi connectivity index (χ2v) is 7.86. The smallest absolute Gasteiger partial charge is 0.301 e. The fraction of sp³-hybridized carbons (Fsp3) is 0.273. The minimum atomic E-state index is -0.716. The molecular weight excluding hydrogens is 390 g/mol. The van der Waals surface area contributed by atoms with Crippen molar-refractivity contribution in [3.05, 3.63) is 70.4 Å². The number of halogens is 1. The van der Waals surface area contributed by atoms with E-state index in [1.54, 1.807) is 36.4 Å². The first kappa shape index (κ1) is 19.6. The molecule has 2 amide bonds. The predicted octanol–water partition coefficient (Wildman–Crippen LogP) is 2.93. The molecule has 2 heterocycles. The molecule has 29 heavy (non-hydrogen) atoms. The third-order valence-corrected chi connectivity index (χ3v) is 5.64. The van der Waals surface area contributed by atoms with E-state index in [1.165, 1.54) is 0 Å². The molecule has 2 aliphatic heterocycles. The normalized spacial score (nSPS) is 18.8. The lowest BCUT2D eigenvalue weighted by atomic mass is 10.1. The van der Waals surface area contributed by atoms with Gasteiger partial charge in [0.25, 0.3) is 5.91 Å². The van der Waals surface area contributed by atoms with Crippen LogP contribution in [0, 0.1) is 0 Å². The summed E-state index contributed by atoms with van der Waals surface area (Å²) in [5.41, 5.74) is 2.01. The van der Waals surface area contributed by atoms with Crippen molar-refractivity contribution in [2.24, 2.45) is 0 Å². The minimum Gasteiger partial charge on any atom is -0.502 e. The topological polar surface area (TPSA) is 64.1 Å². The van der Waals surface area contributed by atoms with Crippen LogP contribution in [0.25, 0.3) is 5.57 Å². The first-order valence-electron chi connectivity index (χ1n) is 9.52. The standard InChI is InChI=1S/C22H22ClN3O3/c1-24-10-12-25(13-11-24)14-15-2-8-18(9-3-15)26-21(28)19(20(27)22(26)29)16-4-6-17(23)7-5-16/h2-9,27H,10-14H2,1H3. The summed E-state index contributed by atoms with van der Waals surface area (Å²) >= 11 is 5.89. The van der Waals surface area contributed by atoms with Gasteiger partial charge in [0.1, 0.15) is 0 Å². The lowest BCUT2D eigenvalue weighted by Gasteiger charge is -2.32. The third kappa shape index (κ3) is 3.92. The molecule has 0 unspecified atom stereocenters. The quantitative estimate of drug-likeness (QED) is 0.784. The van der Waals surface area contributed by atoms with Crippen molar-refractivity contribution in [2.75, 3.05) is 38.1 Å². The molecule has 1 fully saturated rings. The number of carbonyl (C=O) groups is 2. The van der Waals surface area contributed by atoms with Crippen molar-refractivity contribution in [3.8, 4) is 0 Å². The summed E-state index contributed by atoms with van der Waals surface area (Å²) in [6, 6.07) is 13.8. The molecule has 0 aliphatic carbocycles. The summed E-state index contributed by atoms with van der Waals surface area (Å²) < 4.78 is 0. The van der Waals surface area contributed by atoms with E-state index in [4.69, 9.17) is 11.6 Å². The molecule has 0 atom stereocenters. The van der Waals surface area contributed by atoms with Gasteiger partial charge in [-0.15, -0.1) is 0 Å². The van der Waals surface area contributed by atoms with Crippen molar-refractivity contribution in [3.63, 3.8) is 0 Å². The molecule has 0 spiro atoms. The van der Waals surface area contributed by atoms with Crippen molar-refractivity contribution in [1.29, 1.82) is 0 Å². The van der Waals surface area contributed by atoms with Crippen LogP contribution in [0.2, 0.25) is 5.02 Å². The molecular formula is C22H22ClN3O3. The van der Waals surface area contributed by atoms with Crippen LogP contribution in [0.15, 0.2) is 54.3 Å². The number of nitrogens with zero attached hydrogens (tertiary/aromatic N) is 3. The SMILES string of the molecule is CN1CCN(Cc2ccc(N3C(=O)C(O)=C(c4ccc(Cl)cc4)C3=O)cc2)CC1. The van der Waals surface area contributed by atoms with Gasteiger partial charge in [0.05, 0.1) is 11.3 Å². The molecule has 0 aromatic heterocycles. The van der Waals surface area contributed by atoms with Crippen LogP contribution in [-0.2, 0) is 16.1 Å². The van der Waals surface area contributed by atoms with Gasteiger partial charge in [0.2, 0.25) is 0 Å². The summed E-state index contributed by atoms with van der Waals surface area (Å²) in [7, 11) is 2.12. The summed E-state index contributed by atoms with van der Waals surface area (Å²) in [5, 5.41) is 10.8. The van der Waals surface area contributed by atoms with E-state index in [0.717, 1.165) is 43.2 Å². The van der Waals surface area contributed by atoms with Gasteiger partial charge in [0, 0.05) is 37.7 Å². The number of anilines is 1. The predicted molar refractivity (Wildman–Crippen MR) is 113 cm³/mol. The molecule has 0 radical (unpaired) electrons. The van der Waals surface area contributed by atoms with E-state index in [-0.39, 0.29) is 5.57 Å². The van der Waals surface area contributed by atoms with Crippen LogP contribution in [0.5, 0.6) is 0 Å². The number of rotatable bonds is 4. The highest BCUT2D eigenvalue weighted by Gasteiger charge is 2.40. The summed E-state index contributed by atoms with van der Waals surface area (Å²) in [6.07, 6.45) is 0. The fourth-order valence-electron chi connectivity index (χ4n) is 3.64. The maximum atomic E-state index is 12.9. The van der Waals surface area contributed by atoms with Gasteiger partial charge < -0.3 is 10.0 Å².